The molecule has 4 nitrogen and oxygen atoms in total. The Bertz CT molecular complexity index is 920. The molecule has 0 unspecified atom stereocenters. The first-order valence-corrected chi connectivity index (χ1v) is 8.54. The van der Waals surface area contributed by atoms with Gasteiger partial charge in [0, 0.05) is 19.2 Å². The van der Waals surface area contributed by atoms with Crippen molar-refractivity contribution in [1.29, 1.82) is 0 Å². The molecular formula is C22H23NO3. The van der Waals surface area contributed by atoms with Gasteiger partial charge in [0.1, 0.15) is 0 Å². The summed E-state index contributed by atoms with van der Waals surface area (Å²) >= 11 is 0. The van der Waals surface area contributed by atoms with Crippen molar-refractivity contribution in [1.82, 2.24) is 4.90 Å². The first-order chi connectivity index (χ1) is 12.6. The fraction of sp³-hybridized carbons (Fsp3) is 0.227. The number of amides is 1. The van der Waals surface area contributed by atoms with Crippen molar-refractivity contribution in [3.05, 3.63) is 71.8 Å². The van der Waals surface area contributed by atoms with E-state index in [1.807, 2.05) is 43.4 Å². The van der Waals surface area contributed by atoms with E-state index in [9.17, 15) is 4.79 Å². The van der Waals surface area contributed by atoms with Gasteiger partial charge in [-0.1, -0.05) is 54.6 Å². The number of nitrogens with zero attached hydrogens (tertiary/aromatic N) is 1. The molecule has 0 aromatic heterocycles. The average Bonchev–Trinajstić information content (AvgIpc) is 2.67. The second kappa shape index (κ2) is 7.91. The number of methoxy groups -OCH3 is 2. The summed E-state index contributed by atoms with van der Waals surface area (Å²) in [5.74, 6) is 1.39. The lowest BCUT2D eigenvalue weighted by Gasteiger charge is -2.20. The van der Waals surface area contributed by atoms with E-state index in [1.54, 1.807) is 19.1 Å². The van der Waals surface area contributed by atoms with Crippen molar-refractivity contribution >= 4 is 16.7 Å². The maximum absolute atomic E-state index is 12.7. The van der Waals surface area contributed by atoms with Gasteiger partial charge in [-0.25, -0.2) is 0 Å². The summed E-state index contributed by atoms with van der Waals surface area (Å²) in [5.41, 5.74) is 1.93. The lowest BCUT2D eigenvalue weighted by molar-refractivity contribution is -0.129. The van der Waals surface area contributed by atoms with Gasteiger partial charge in [-0.3, -0.25) is 4.79 Å². The normalized spacial score (nSPS) is 10.6. The maximum atomic E-state index is 12.7. The standard InChI is InChI=1S/C22H23NO3/c1-23(15-19-9-6-10-20(25-2)22(19)26-3)21(24)14-16-11-12-17-7-4-5-8-18(17)13-16/h4-13H,14-15H2,1-3H3. The molecule has 0 saturated carbocycles. The molecule has 4 heteroatoms. The van der Waals surface area contributed by atoms with Crippen molar-refractivity contribution in [3.63, 3.8) is 0 Å². The Morgan fingerprint density at radius 2 is 1.69 bits per heavy atom. The van der Waals surface area contributed by atoms with Gasteiger partial charge in [0.15, 0.2) is 11.5 Å². The van der Waals surface area contributed by atoms with Gasteiger partial charge in [-0.2, -0.15) is 0 Å². The summed E-state index contributed by atoms with van der Waals surface area (Å²) in [5, 5.41) is 2.33. The van der Waals surface area contributed by atoms with Gasteiger partial charge in [0.2, 0.25) is 5.91 Å². The molecule has 0 fully saturated rings. The van der Waals surface area contributed by atoms with Crippen LogP contribution >= 0.6 is 0 Å². The third kappa shape index (κ3) is 3.80. The first-order valence-electron chi connectivity index (χ1n) is 8.54. The Hall–Kier alpha value is -3.01. The molecule has 3 rings (SSSR count). The topological polar surface area (TPSA) is 38.8 Å². The summed E-state index contributed by atoms with van der Waals surface area (Å²) in [6.45, 7) is 0.465. The molecule has 3 aromatic rings. The molecule has 0 atom stereocenters. The molecule has 0 N–H and O–H groups in total. The zero-order valence-electron chi connectivity index (χ0n) is 15.4. The van der Waals surface area contributed by atoms with Gasteiger partial charge in [0.05, 0.1) is 20.6 Å². The number of fused-ring (bicyclic) bond motifs is 1. The van der Waals surface area contributed by atoms with Crippen LogP contribution in [0.4, 0.5) is 0 Å². The largest absolute Gasteiger partial charge is 0.493 e. The van der Waals surface area contributed by atoms with E-state index in [4.69, 9.17) is 9.47 Å². The Morgan fingerprint density at radius 3 is 2.42 bits per heavy atom. The smallest absolute Gasteiger partial charge is 0.227 e. The van der Waals surface area contributed by atoms with Crippen molar-refractivity contribution in [2.45, 2.75) is 13.0 Å². The number of rotatable bonds is 6. The molecule has 0 bridgehead atoms. The van der Waals surface area contributed by atoms with Crippen LogP contribution in [-0.2, 0) is 17.8 Å². The van der Waals surface area contributed by atoms with E-state index in [1.165, 1.54) is 5.39 Å². The first kappa shape index (κ1) is 17.8. The molecule has 0 aliphatic heterocycles. The monoisotopic (exact) mass is 349 g/mol. The van der Waals surface area contributed by atoms with E-state index in [2.05, 4.69) is 24.3 Å². The van der Waals surface area contributed by atoms with Gasteiger partial charge in [0.25, 0.3) is 0 Å². The van der Waals surface area contributed by atoms with E-state index in [0.29, 0.717) is 24.5 Å². The fourth-order valence-corrected chi connectivity index (χ4v) is 3.08. The van der Waals surface area contributed by atoms with Crippen LogP contribution in [0.25, 0.3) is 10.8 Å². The molecule has 26 heavy (non-hydrogen) atoms. The Kier molecular flexibility index (Phi) is 5.42. The number of likely N-dealkylation sites (N-methyl/N-ethyl adjacent to an activating group) is 1. The fourth-order valence-electron chi connectivity index (χ4n) is 3.08. The highest BCUT2D eigenvalue weighted by Crippen LogP contribution is 2.31. The minimum absolute atomic E-state index is 0.0603. The quantitative estimate of drug-likeness (QED) is 0.674. The average molecular weight is 349 g/mol. The van der Waals surface area contributed by atoms with Crippen LogP contribution in [0.3, 0.4) is 0 Å². The second-order valence-electron chi connectivity index (χ2n) is 6.26. The Morgan fingerprint density at radius 1 is 0.923 bits per heavy atom. The van der Waals surface area contributed by atoms with Gasteiger partial charge in [-0.15, -0.1) is 0 Å². The number of para-hydroxylation sites is 1. The predicted molar refractivity (Wildman–Crippen MR) is 104 cm³/mol. The summed E-state index contributed by atoms with van der Waals surface area (Å²) in [4.78, 5) is 14.4. The zero-order chi connectivity index (χ0) is 18.5. The van der Waals surface area contributed by atoms with E-state index < -0.39 is 0 Å². The van der Waals surface area contributed by atoms with Crippen LogP contribution in [0, 0.1) is 0 Å². The molecule has 1 amide bonds. The van der Waals surface area contributed by atoms with Gasteiger partial charge in [-0.05, 0) is 22.4 Å². The molecule has 0 heterocycles. The predicted octanol–water partition coefficient (Wildman–Crippen LogP) is 4.06. The van der Waals surface area contributed by atoms with Crippen LogP contribution < -0.4 is 9.47 Å². The summed E-state index contributed by atoms with van der Waals surface area (Å²) in [6, 6.07) is 20.0. The van der Waals surface area contributed by atoms with E-state index in [0.717, 1.165) is 16.5 Å². The molecule has 134 valence electrons. The van der Waals surface area contributed by atoms with E-state index in [-0.39, 0.29) is 5.91 Å². The summed E-state index contributed by atoms with van der Waals surface area (Å²) in [7, 11) is 5.02. The summed E-state index contributed by atoms with van der Waals surface area (Å²) < 4.78 is 10.8. The van der Waals surface area contributed by atoms with Crippen LogP contribution in [0.5, 0.6) is 11.5 Å². The molecule has 0 aliphatic carbocycles. The van der Waals surface area contributed by atoms with Crippen LogP contribution in [0.1, 0.15) is 11.1 Å². The molecule has 0 spiro atoms. The van der Waals surface area contributed by atoms with Gasteiger partial charge >= 0.3 is 0 Å². The van der Waals surface area contributed by atoms with Gasteiger partial charge < -0.3 is 14.4 Å². The number of carbonyl (C=O) groups excluding carboxylic acids is 1. The maximum Gasteiger partial charge on any atom is 0.227 e. The lowest BCUT2D eigenvalue weighted by atomic mass is 10.0. The van der Waals surface area contributed by atoms with Crippen molar-refractivity contribution in [3.8, 4) is 11.5 Å². The molecule has 3 aromatic carbocycles. The minimum atomic E-state index is 0.0603. The molecule has 0 aliphatic rings. The van der Waals surface area contributed by atoms with Crippen LogP contribution in [-0.4, -0.2) is 32.1 Å². The minimum Gasteiger partial charge on any atom is -0.493 e. The number of benzene rings is 3. The van der Waals surface area contributed by atoms with Crippen molar-refractivity contribution < 1.29 is 14.3 Å². The highest BCUT2D eigenvalue weighted by atomic mass is 16.5. The number of ether oxygens (including phenoxy) is 2. The van der Waals surface area contributed by atoms with E-state index >= 15 is 0 Å². The van der Waals surface area contributed by atoms with Crippen LogP contribution in [0.2, 0.25) is 0 Å². The number of carbonyl (C=O) groups is 1. The SMILES string of the molecule is COc1cccc(CN(C)C(=O)Cc2ccc3ccccc3c2)c1OC. The zero-order valence-corrected chi connectivity index (χ0v) is 15.4. The highest BCUT2D eigenvalue weighted by molar-refractivity contribution is 5.85. The second-order valence-corrected chi connectivity index (χ2v) is 6.26. The Labute approximate surface area is 154 Å². The highest BCUT2D eigenvalue weighted by Gasteiger charge is 2.15. The third-order valence-corrected chi connectivity index (χ3v) is 4.49. The number of hydrogen-bond acceptors (Lipinski definition) is 3. The molecule has 0 saturated heterocycles. The molecule has 0 radical (unpaired) electrons. The Balaban J connectivity index is 1.73. The third-order valence-electron chi connectivity index (χ3n) is 4.49. The molecular weight excluding hydrogens is 326 g/mol. The summed E-state index contributed by atoms with van der Waals surface area (Å²) in [6.07, 6.45) is 0.369. The van der Waals surface area contributed by atoms with Crippen molar-refractivity contribution in [2.75, 3.05) is 21.3 Å². The van der Waals surface area contributed by atoms with Crippen molar-refractivity contribution in [2.24, 2.45) is 0 Å². The van der Waals surface area contributed by atoms with Crippen LogP contribution in [0.15, 0.2) is 60.7 Å². The number of hydrogen-bond donors (Lipinski definition) is 0. The lowest BCUT2D eigenvalue weighted by Crippen LogP contribution is -2.28.